The standard InChI is InChI=1S/C23H25ClN4O4S.ClH/c1-13-7-9-19(28-33(31,32)20-6-4-5-18(24)14(20)2)23(30)17(13)11-22(29)26-12-16-8-10-21(25)27-15(16)3;/h4-10,28,30H,11-12H2,1-3H3,(H2,25,27)(H,26,29);1H. The highest BCUT2D eigenvalue weighted by atomic mass is 35.5. The van der Waals surface area contributed by atoms with Crippen LogP contribution in [0.25, 0.3) is 0 Å². The third-order valence-electron chi connectivity index (χ3n) is 5.30. The summed E-state index contributed by atoms with van der Waals surface area (Å²) in [7, 11) is -4.01. The lowest BCUT2D eigenvalue weighted by Gasteiger charge is -2.16. The summed E-state index contributed by atoms with van der Waals surface area (Å²) in [5.41, 5.74) is 8.51. The first-order chi connectivity index (χ1) is 15.5. The fourth-order valence-electron chi connectivity index (χ4n) is 3.33. The fraction of sp³-hybridized carbons (Fsp3) is 0.217. The Kier molecular flexibility index (Phi) is 8.77. The number of phenolic OH excluding ortho intramolecular Hbond substituents is 1. The van der Waals surface area contributed by atoms with Gasteiger partial charge in [-0.3, -0.25) is 9.52 Å². The lowest BCUT2D eigenvalue weighted by atomic mass is 10.0. The van der Waals surface area contributed by atoms with Gasteiger partial charge in [0.05, 0.1) is 17.0 Å². The number of carbonyl (C=O) groups excluding carboxylic acids is 1. The number of halogens is 2. The number of aromatic nitrogens is 1. The first-order valence-corrected chi connectivity index (χ1v) is 11.9. The highest BCUT2D eigenvalue weighted by Crippen LogP contribution is 2.33. The van der Waals surface area contributed by atoms with E-state index in [0.29, 0.717) is 33.2 Å². The van der Waals surface area contributed by atoms with Crippen LogP contribution in [0, 0.1) is 20.8 Å². The van der Waals surface area contributed by atoms with Crippen LogP contribution in [-0.2, 0) is 27.8 Å². The first kappa shape index (κ1) is 27.2. The van der Waals surface area contributed by atoms with Crippen LogP contribution < -0.4 is 15.8 Å². The molecule has 5 N–H and O–H groups in total. The number of sulfonamides is 1. The SMILES string of the molecule is Cc1ccc(NS(=O)(=O)c2cccc(Cl)c2C)c(O)c1CC(=O)NCc1ccc(N)nc1C.Cl. The number of aryl methyl sites for hydroxylation is 2. The molecule has 34 heavy (non-hydrogen) atoms. The smallest absolute Gasteiger partial charge is 0.262 e. The fourth-order valence-corrected chi connectivity index (χ4v) is 4.90. The van der Waals surface area contributed by atoms with Gasteiger partial charge in [0.1, 0.15) is 11.6 Å². The maximum absolute atomic E-state index is 12.9. The largest absolute Gasteiger partial charge is 0.505 e. The molecule has 0 radical (unpaired) electrons. The number of pyridine rings is 1. The molecule has 0 unspecified atom stereocenters. The van der Waals surface area contributed by atoms with E-state index in [1.54, 1.807) is 45.0 Å². The second-order valence-electron chi connectivity index (χ2n) is 7.66. The number of phenols is 1. The lowest BCUT2D eigenvalue weighted by molar-refractivity contribution is -0.120. The number of benzene rings is 2. The molecule has 0 saturated heterocycles. The van der Waals surface area contributed by atoms with Crippen molar-refractivity contribution in [2.24, 2.45) is 0 Å². The Morgan fingerprint density at radius 1 is 1.12 bits per heavy atom. The van der Waals surface area contributed by atoms with E-state index in [0.717, 1.165) is 5.56 Å². The maximum atomic E-state index is 12.9. The molecular weight excluding hydrogens is 499 g/mol. The summed E-state index contributed by atoms with van der Waals surface area (Å²) in [6.07, 6.45) is -0.134. The molecule has 1 amide bonds. The van der Waals surface area contributed by atoms with Crippen molar-refractivity contribution in [2.75, 3.05) is 10.5 Å². The number of carbonyl (C=O) groups is 1. The van der Waals surface area contributed by atoms with Crippen molar-refractivity contribution in [2.45, 2.75) is 38.6 Å². The van der Waals surface area contributed by atoms with Crippen LogP contribution in [0.1, 0.15) is 27.9 Å². The number of hydrogen-bond donors (Lipinski definition) is 4. The van der Waals surface area contributed by atoms with E-state index < -0.39 is 10.0 Å². The van der Waals surface area contributed by atoms with E-state index >= 15 is 0 Å². The van der Waals surface area contributed by atoms with Crippen LogP contribution >= 0.6 is 24.0 Å². The minimum Gasteiger partial charge on any atom is -0.505 e. The van der Waals surface area contributed by atoms with E-state index in [-0.39, 0.29) is 47.6 Å². The zero-order valence-electron chi connectivity index (χ0n) is 18.8. The molecule has 2 aromatic carbocycles. The Morgan fingerprint density at radius 2 is 1.82 bits per heavy atom. The topological polar surface area (TPSA) is 134 Å². The average molecular weight is 525 g/mol. The van der Waals surface area contributed by atoms with Crippen LogP contribution in [0.2, 0.25) is 5.02 Å². The molecule has 0 bridgehead atoms. The quantitative estimate of drug-likeness (QED) is 0.344. The van der Waals surface area contributed by atoms with Gasteiger partial charge in [0, 0.05) is 22.8 Å². The number of rotatable bonds is 7. The molecule has 0 spiro atoms. The molecule has 0 aliphatic rings. The number of amides is 1. The molecule has 1 heterocycles. The minimum atomic E-state index is -4.01. The van der Waals surface area contributed by atoms with Gasteiger partial charge in [-0.1, -0.05) is 29.8 Å². The third-order valence-corrected chi connectivity index (χ3v) is 7.22. The monoisotopic (exact) mass is 524 g/mol. The van der Waals surface area contributed by atoms with Gasteiger partial charge < -0.3 is 16.2 Å². The molecule has 182 valence electrons. The summed E-state index contributed by atoms with van der Waals surface area (Å²) in [5, 5.41) is 13.9. The summed E-state index contributed by atoms with van der Waals surface area (Å²) in [6, 6.07) is 11.1. The van der Waals surface area contributed by atoms with Gasteiger partial charge in [0.2, 0.25) is 5.91 Å². The number of nitrogens with zero attached hydrogens (tertiary/aromatic N) is 1. The zero-order chi connectivity index (χ0) is 24.3. The maximum Gasteiger partial charge on any atom is 0.262 e. The predicted molar refractivity (Wildman–Crippen MR) is 136 cm³/mol. The Labute approximate surface area is 210 Å². The number of nitrogens with one attached hydrogen (secondary N) is 2. The Balaban J connectivity index is 0.00000408. The van der Waals surface area contributed by atoms with E-state index in [1.807, 2.05) is 0 Å². The first-order valence-electron chi connectivity index (χ1n) is 10.1. The van der Waals surface area contributed by atoms with Gasteiger partial charge in [0.25, 0.3) is 10.0 Å². The number of nitrogen functional groups attached to an aromatic ring is 1. The highest BCUT2D eigenvalue weighted by molar-refractivity contribution is 7.92. The van der Waals surface area contributed by atoms with Crippen LogP contribution in [0.15, 0.2) is 47.4 Å². The van der Waals surface area contributed by atoms with Crippen molar-refractivity contribution in [1.82, 2.24) is 10.3 Å². The average Bonchev–Trinajstić information content (AvgIpc) is 2.74. The number of anilines is 2. The Hall–Kier alpha value is -3.01. The van der Waals surface area contributed by atoms with Crippen molar-refractivity contribution in [3.05, 3.63) is 75.4 Å². The molecule has 1 aromatic heterocycles. The number of hydrogen-bond acceptors (Lipinski definition) is 6. The molecule has 3 aromatic rings. The van der Waals surface area contributed by atoms with Crippen molar-refractivity contribution in [3.8, 4) is 5.75 Å². The predicted octanol–water partition coefficient (Wildman–Crippen LogP) is 4.03. The molecule has 8 nitrogen and oxygen atoms in total. The number of nitrogens with two attached hydrogens (primary N) is 1. The van der Waals surface area contributed by atoms with Gasteiger partial charge in [-0.05, 0) is 61.7 Å². The highest BCUT2D eigenvalue weighted by Gasteiger charge is 2.22. The number of aromatic hydroxyl groups is 1. The van der Waals surface area contributed by atoms with Gasteiger partial charge in [-0.15, -0.1) is 12.4 Å². The third kappa shape index (κ3) is 6.11. The summed E-state index contributed by atoms with van der Waals surface area (Å²) in [5.74, 6) is -0.246. The van der Waals surface area contributed by atoms with Crippen molar-refractivity contribution in [1.29, 1.82) is 0 Å². The Bertz CT molecular complexity index is 1330. The molecule has 3 rings (SSSR count). The second kappa shape index (κ2) is 10.9. The van der Waals surface area contributed by atoms with Gasteiger partial charge in [0.15, 0.2) is 0 Å². The van der Waals surface area contributed by atoms with E-state index in [4.69, 9.17) is 17.3 Å². The van der Waals surface area contributed by atoms with Gasteiger partial charge in [-0.2, -0.15) is 0 Å². The summed E-state index contributed by atoms with van der Waals surface area (Å²) < 4.78 is 28.2. The van der Waals surface area contributed by atoms with Crippen LogP contribution in [0.4, 0.5) is 11.5 Å². The summed E-state index contributed by atoms with van der Waals surface area (Å²) in [6.45, 7) is 5.37. The van der Waals surface area contributed by atoms with Crippen LogP contribution in [0.3, 0.4) is 0 Å². The lowest BCUT2D eigenvalue weighted by Crippen LogP contribution is -2.25. The van der Waals surface area contributed by atoms with E-state index in [9.17, 15) is 18.3 Å². The molecule has 0 aliphatic carbocycles. The molecular formula is C23H26Cl2N4O4S. The molecule has 11 heteroatoms. The van der Waals surface area contributed by atoms with Crippen molar-refractivity contribution < 1.29 is 18.3 Å². The molecule has 0 atom stereocenters. The summed E-state index contributed by atoms with van der Waals surface area (Å²) in [4.78, 5) is 16.7. The zero-order valence-corrected chi connectivity index (χ0v) is 21.2. The van der Waals surface area contributed by atoms with Crippen molar-refractivity contribution >= 4 is 51.4 Å². The molecule has 0 aliphatic heterocycles. The van der Waals surface area contributed by atoms with Gasteiger partial charge >= 0.3 is 0 Å². The van der Waals surface area contributed by atoms with Crippen LogP contribution in [0.5, 0.6) is 5.75 Å². The second-order valence-corrected chi connectivity index (χ2v) is 9.72. The molecule has 0 fully saturated rings. The normalized spacial score (nSPS) is 10.9. The summed E-state index contributed by atoms with van der Waals surface area (Å²) >= 11 is 6.05. The van der Waals surface area contributed by atoms with Gasteiger partial charge in [-0.25, -0.2) is 13.4 Å². The van der Waals surface area contributed by atoms with E-state index in [2.05, 4.69) is 15.0 Å². The van der Waals surface area contributed by atoms with Crippen LogP contribution in [-0.4, -0.2) is 24.4 Å². The minimum absolute atomic E-state index is 0. The van der Waals surface area contributed by atoms with Crippen molar-refractivity contribution in [3.63, 3.8) is 0 Å². The van der Waals surface area contributed by atoms with E-state index in [1.165, 1.54) is 18.2 Å². The Morgan fingerprint density at radius 3 is 2.50 bits per heavy atom. The molecule has 0 saturated carbocycles.